The number of rotatable bonds is 2. The lowest BCUT2D eigenvalue weighted by Gasteiger charge is -2.18. The van der Waals surface area contributed by atoms with Crippen molar-refractivity contribution in [1.29, 1.82) is 5.26 Å². The van der Waals surface area contributed by atoms with Crippen molar-refractivity contribution in [3.05, 3.63) is 16.8 Å². The number of nitriles is 1. The van der Waals surface area contributed by atoms with Crippen LogP contribution < -0.4 is 4.90 Å². The maximum Gasteiger partial charge on any atom is 0.308 e. The summed E-state index contributed by atoms with van der Waals surface area (Å²) >= 11 is 0. The summed E-state index contributed by atoms with van der Waals surface area (Å²) in [5.74, 6) is -0.686. The minimum Gasteiger partial charge on any atom is -0.481 e. The number of anilines is 1. The molecule has 0 amide bonds. The van der Waals surface area contributed by atoms with Gasteiger partial charge in [0.05, 0.1) is 11.6 Å². The third-order valence-corrected chi connectivity index (χ3v) is 3.78. The zero-order valence-corrected chi connectivity index (χ0v) is 11.2. The normalized spacial score (nSPS) is 22.3. The average molecular weight is 260 g/mol. The molecular formula is C13H16N4O2. The van der Waals surface area contributed by atoms with E-state index in [1.807, 2.05) is 18.7 Å². The quantitative estimate of drug-likeness (QED) is 0.857. The molecule has 2 atom stereocenters. The van der Waals surface area contributed by atoms with Crippen molar-refractivity contribution in [2.45, 2.75) is 20.8 Å². The van der Waals surface area contributed by atoms with Crippen LogP contribution in [0.3, 0.4) is 0 Å². The van der Waals surface area contributed by atoms with Crippen LogP contribution in [0.15, 0.2) is 0 Å². The van der Waals surface area contributed by atoms with E-state index in [9.17, 15) is 10.1 Å². The Balaban J connectivity index is 2.37. The van der Waals surface area contributed by atoms with Gasteiger partial charge in [0.25, 0.3) is 0 Å². The second-order valence-electron chi connectivity index (χ2n) is 5.05. The van der Waals surface area contributed by atoms with Crippen LogP contribution in [0.2, 0.25) is 0 Å². The molecule has 1 saturated heterocycles. The van der Waals surface area contributed by atoms with Gasteiger partial charge in [-0.05, 0) is 25.3 Å². The van der Waals surface area contributed by atoms with Gasteiger partial charge in [0, 0.05) is 13.1 Å². The summed E-state index contributed by atoms with van der Waals surface area (Å²) in [6, 6.07) is 2.15. The Hall–Kier alpha value is -2.16. The van der Waals surface area contributed by atoms with Crippen LogP contribution in [-0.4, -0.2) is 34.4 Å². The lowest BCUT2D eigenvalue weighted by Crippen LogP contribution is -2.25. The molecule has 1 N–H and O–H groups in total. The largest absolute Gasteiger partial charge is 0.481 e. The highest BCUT2D eigenvalue weighted by molar-refractivity contribution is 5.73. The molecule has 2 rings (SSSR count). The molecule has 19 heavy (non-hydrogen) atoms. The summed E-state index contributed by atoms with van der Waals surface area (Å²) in [4.78, 5) is 13.0. The van der Waals surface area contributed by atoms with Crippen molar-refractivity contribution in [3.8, 4) is 6.07 Å². The molecule has 0 spiro atoms. The maximum atomic E-state index is 11.1. The molecule has 100 valence electrons. The first-order chi connectivity index (χ1) is 8.95. The first-order valence-corrected chi connectivity index (χ1v) is 6.17. The van der Waals surface area contributed by atoms with Crippen molar-refractivity contribution in [2.24, 2.45) is 11.8 Å². The molecule has 1 aliphatic heterocycles. The van der Waals surface area contributed by atoms with E-state index in [1.165, 1.54) is 0 Å². The average Bonchev–Trinajstić information content (AvgIpc) is 2.74. The Morgan fingerprint density at radius 1 is 1.42 bits per heavy atom. The molecule has 1 aliphatic rings. The van der Waals surface area contributed by atoms with Crippen LogP contribution in [0.1, 0.15) is 23.7 Å². The molecule has 0 unspecified atom stereocenters. The first kappa shape index (κ1) is 13.3. The van der Waals surface area contributed by atoms with E-state index in [4.69, 9.17) is 5.11 Å². The van der Waals surface area contributed by atoms with Gasteiger partial charge in [-0.3, -0.25) is 4.79 Å². The summed E-state index contributed by atoms with van der Waals surface area (Å²) in [7, 11) is 0. The fourth-order valence-corrected chi connectivity index (χ4v) is 2.41. The van der Waals surface area contributed by atoms with Gasteiger partial charge in [0.1, 0.15) is 11.6 Å². The van der Waals surface area contributed by atoms with Gasteiger partial charge in [-0.2, -0.15) is 10.4 Å². The molecule has 1 fully saturated rings. The Morgan fingerprint density at radius 2 is 2.11 bits per heavy atom. The van der Waals surface area contributed by atoms with Gasteiger partial charge in [-0.1, -0.05) is 6.92 Å². The molecule has 0 saturated carbocycles. The minimum absolute atomic E-state index is 0.0347. The van der Waals surface area contributed by atoms with Crippen LogP contribution in [0.5, 0.6) is 0 Å². The van der Waals surface area contributed by atoms with Crippen molar-refractivity contribution in [1.82, 2.24) is 10.2 Å². The highest BCUT2D eigenvalue weighted by Crippen LogP contribution is 2.30. The van der Waals surface area contributed by atoms with Crippen LogP contribution in [0.4, 0.5) is 5.82 Å². The van der Waals surface area contributed by atoms with E-state index in [0.29, 0.717) is 24.5 Å². The summed E-state index contributed by atoms with van der Waals surface area (Å²) in [6.07, 6.45) is 0. The molecule has 0 radical (unpaired) electrons. The van der Waals surface area contributed by atoms with Crippen LogP contribution in [-0.2, 0) is 4.79 Å². The number of carbonyl (C=O) groups is 1. The Morgan fingerprint density at radius 3 is 2.63 bits per heavy atom. The molecule has 0 aliphatic carbocycles. The van der Waals surface area contributed by atoms with Gasteiger partial charge < -0.3 is 10.0 Å². The summed E-state index contributed by atoms with van der Waals surface area (Å²) in [5, 5.41) is 26.5. The zero-order chi connectivity index (χ0) is 14.2. The summed E-state index contributed by atoms with van der Waals surface area (Å²) in [5.41, 5.74) is 2.02. The zero-order valence-electron chi connectivity index (χ0n) is 11.2. The lowest BCUT2D eigenvalue weighted by molar-refractivity contribution is -0.142. The summed E-state index contributed by atoms with van der Waals surface area (Å²) < 4.78 is 0. The maximum absolute atomic E-state index is 11.1. The molecule has 6 nitrogen and oxygen atoms in total. The Labute approximate surface area is 111 Å². The van der Waals surface area contributed by atoms with Gasteiger partial charge in [-0.25, -0.2) is 0 Å². The Bertz CT molecular complexity index is 564. The van der Waals surface area contributed by atoms with Crippen molar-refractivity contribution >= 4 is 11.8 Å². The van der Waals surface area contributed by atoms with E-state index in [1.54, 1.807) is 6.92 Å². The summed E-state index contributed by atoms with van der Waals surface area (Å²) in [6.45, 7) is 6.50. The molecule has 0 bridgehead atoms. The number of carboxylic acid groups (broad SMARTS) is 1. The van der Waals surface area contributed by atoms with Crippen molar-refractivity contribution in [2.75, 3.05) is 18.0 Å². The molecule has 2 heterocycles. The van der Waals surface area contributed by atoms with E-state index in [2.05, 4.69) is 16.3 Å². The lowest BCUT2D eigenvalue weighted by atomic mass is 9.99. The fourth-order valence-electron chi connectivity index (χ4n) is 2.41. The first-order valence-electron chi connectivity index (χ1n) is 6.17. The third-order valence-electron chi connectivity index (χ3n) is 3.78. The SMILES string of the molecule is Cc1nnc(N2C[C@@H](C)[C@H](C(=O)O)C2)c(C#N)c1C. The molecule has 1 aromatic rings. The fraction of sp³-hybridized carbons (Fsp3) is 0.538. The Kier molecular flexibility index (Phi) is 3.38. The highest BCUT2D eigenvalue weighted by Gasteiger charge is 2.36. The standard InChI is InChI=1S/C13H16N4O2/c1-7-5-17(6-11(7)13(18)19)12-10(4-14)8(2)9(3)15-16-12/h7,11H,5-6H2,1-3H3,(H,18,19)/t7-,11-/m1/s1. The smallest absolute Gasteiger partial charge is 0.308 e. The molecule has 6 heteroatoms. The van der Waals surface area contributed by atoms with E-state index < -0.39 is 11.9 Å². The molecule has 1 aromatic heterocycles. The van der Waals surface area contributed by atoms with Crippen molar-refractivity contribution < 1.29 is 9.90 Å². The monoisotopic (exact) mass is 260 g/mol. The van der Waals surface area contributed by atoms with Gasteiger partial charge in [-0.15, -0.1) is 5.10 Å². The van der Waals surface area contributed by atoms with Gasteiger partial charge in [0.2, 0.25) is 0 Å². The topological polar surface area (TPSA) is 90.1 Å². The predicted molar refractivity (Wildman–Crippen MR) is 68.7 cm³/mol. The van der Waals surface area contributed by atoms with E-state index in [-0.39, 0.29) is 5.92 Å². The van der Waals surface area contributed by atoms with Crippen LogP contribution in [0, 0.1) is 37.0 Å². The number of carboxylic acids is 1. The number of nitrogens with zero attached hydrogens (tertiary/aromatic N) is 4. The molecular weight excluding hydrogens is 244 g/mol. The number of aromatic nitrogens is 2. The molecule has 0 aromatic carbocycles. The number of aliphatic carboxylic acids is 1. The second-order valence-corrected chi connectivity index (χ2v) is 5.05. The second kappa shape index (κ2) is 4.84. The van der Waals surface area contributed by atoms with Gasteiger partial charge in [0.15, 0.2) is 5.82 Å². The third kappa shape index (κ3) is 2.24. The number of hydrogen-bond donors (Lipinski definition) is 1. The van der Waals surface area contributed by atoms with Crippen molar-refractivity contribution in [3.63, 3.8) is 0 Å². The van der Waals surface area contributed by atoms with Crippen LogP contribution in [0.25, 0.3) is 0 Å². The minimum atomic E-state index is -0.801. The highest BCUT2D eigenvalue weighted by atomic mass is 16.4. The van der Waals surface area contributed by atoms with E-state index >= 15 is 0 Å². The van der Waals surface area contributed by atoms with Crippen LogP contribution >= 0.6 is 0 Å². The van der Waals surface area contributed by atoms with Gasteiger partial charge >= 0.3 is 5.97 Å². The van der Waals surface area contributed by atoms with E-state index in [0.717, 1.165) is 11.3 Å². The number of aryl methyl sites for hydroxylation is 1. The number of hydrogen-bond acceptors (Lipinski definition) is 5. The predicted octanol–water partition coefficient (Wildman–Crippen LogP) is 1.12.